The first-order valence-corrected chi connectivity index (χ1v) is 2.25. The second-order valence-electron chi connectivity index (χ2n) is 1.31. The third-order valence-electron chi connectivity index (χ3n) is 0.815. The van der Waals surface area contributed by atoms with Gasteiger partial charge in [-0.2, -0.15) is 7.05 Å². The first kappa shape index (κ1) is 8.88. The van der Waals surface area contributed by atoms with E-state index in [1.165, 1.54) is 0 Å². The smallest absolute Gasteiger partial charge is 0.615 e. The molecular weight excluding hydrogens is 117 g/mol. The summed E-state index contributed by atoms with van der Waals surface area (Å²) in [7, 11) is 1.68. The van der Waals surface area contributed by atoms with Gasteiger partial charge in [0, 0.05) is 0 Å². The molecule has 1 heterocycles. The van der Waals surface area contributed by atoms with Gasteiger partial charge in [0.1, 0.15) is 0 Å². The molecule has 1 fully saturated rings. The first-order valence-electron chi connectivity index (χ1n) is 2.25. The molecule has 1 saturated heterocycles. The molecule has 0 aromatic heterocycles. The Labute approximate surface area is 71.0 Å². The quantitative estimate of drug-likeness (QED) is 0.358. The van der Waals surface area contributed by atoms with E-state index in [9.17, 15) is 0 Å². The summed E-state index contributed by atoms with van der Waals surface area (Å²) in [5.74, 6) is 0. The summed E-state index contributed by atoms with van der Waals surface area (Å²) in [4.78, 5) is 0. The van der Waals surface area contributed by atoms with Crippen LogP contribution in [0, 0.1) is 0 Å². The van der Waals surface area contributed by atoms with Crippen molar-refractivity contribution in [3.05, 3.63) is 5.32 Å². The van der Waals surface area contributed by atoms with Crippen molar-refractivity contribution in [2.24, 2.45) is 0 Å². The van der Waals surface area contributed by atoms with Crippen molar-refractivity contribution in [1.82, 2.24) is 0 Å². The molecule has 0 spiro atoms. The maximum atomic E-state index is 4.91. The number of nitrogens with zero attached hydrogens (tertiary/aromatic N) is 1. The van der Waals surface area contributed by atoms with E-state index in [4.69, 9.17) is 9.47 Å². The molecule has 0 radical (unpaired) electrons. The Kier molecular flexibility index (Phi) is 5.25. The van der Waals surface area contributed by atoms with Gasteiger partial charge in [-0.25, -0.2) is 0 Å². The van der Waals surface area contributed by atoms with Crippen LogP contribution in [0.2, 0.25) is 0 Å². The standard InChI is InChI=1S/C4H8NO2.Na/c1-5-4-6-2-3-7-4;/h4H,2-3H2,1H3;/q-1;+1. The maximum absolute atomic E-state index is 4.91. The molecule has 1 aliphatic heterocycles. The van der Waals surface area contributed by atoms with E-state index < -0.39 is 0 Å². The first-order chi connectivity index (χ1) is 3.43. The van der Waals surface area contributed by atoms with E-state index in [0.29, 0.717) is 13.2 Å². The van der Waals surface area contributed by atoms with Crippen LogP contribution in [0.15, 0.2) is 0 Å². The predicted octanol–water partition coefficient (Wildman–Crippen LogP) is -2.68. The Hall–Kier alpha value is 0.880. The van der Waals surface area contributed by atoms with Crippen molar-refractivity contribution in [2.75, 3.05) is 20.3 Å². The summed E-state index contributed by atoms with van der Waals surface area (Å²) in [6, 6.07) is 0. The number of hydrogen-bond donors (Lipinski definition) is 0. The fraction of sp³-hybridized carbons (Fsp3) is 1.00. The zero-order valence-electron chi connectivity index (χ0n) is 5.26. The van der Waals surface area contributed by atoms with Gasteiger partial charge in [0.15, 0.2) is 0 Å². The van der Waals surface area contributed by atoms with Crippen LogP contribution in [-0.4, -0.2) is 26.7 Å². The zero-order valence-corrected chi connectivity index (χ0v) is 7.26. The van der Waals surface area contributed by atoms with Crippen molar-refractivity contribution >= 4 is 0 Å². The van der Waals surface area contributed by atoms with E-state index >= 15 is 0 Å². The number of hydrogen-bond acceptors (Lipinski definition) is 2. The second kappa shape index (κ2) is 4.73. The van der Waals surface area contributed by atoms with Crippen molar-refractivity contribution in [2.45, 2.75) is 6.41 Å². The van der Waals surface area contributed by atoms with Crippen molar-refractivity contribution in [1.29, 1.82) is 0 Å². The van der Waals surface area contributed by atoms with Gasteiger partial charge in [-0.3, -0.25) is 0 Å². The van der Waals surface area contributed by atoms with E-state index in [1.807, 2.05) is 0 Å². The maximum Gasteiger partial charge on any atom is 1.00 e. The van der Waals surface area contributed by atoms with E-state index in [-0.39, 0.29) is 36.0 Å². The van der Waals surface area contributed by atoms with Crippen LogP contribution in [0.3, 0.4) is 0 Å². The molecule has 0 saturated carbocycles. The van der Waals surface area contributed by atoms with Crippen molar-refractivity contribution in [3.63, 3.8) is 0 Å². The summed E-state index contributed by atoms with van der Waals surface area (Å²) in [6.45, 7) is 1.37. The van der Waals surface area contributed by atoms with Gasteiger partial charge in [0.05, 0.1) is 19.6 Å². The average Bonchev–Trinajstić information content (AvgIpc) is 2.14. The molecule has 0 atom stereocenters. The topological polar surface area (TPSA) is 32.6 Å². The minimum absolute atomic E-state index is 0. The van der Waals surface area contributed by atoms with Crippen LogP contribution >= 0.6 is 0 Å². The molecule has 8 heavy (non-hydrogen) atoms. The minimum atomic E-state index is -0.278. The molecule has 1 aliphatic rings. The summed E-state index contributed by atoms with van der Waals surface area (Å²) in [5.41, 5.74) is 0. The molecule has 42 valence electrons. The molecule has 0 aromatic carbocycles. The van der Waals surface area contributed by atoms with Crippen molar-refractivity contribution < 1.29 is 39.0 Å². The summed E-state index contributed by atoms with van der Waals surface area (Å²) in [5, 5.41) is 3.74. The third-order valence-corrected chi connectivity index (χ3v) is 0.815. The molecule has 0 amide bonds. The van der Waals surface area contributed by atoms with Gasteiger partial charge in [-0.1, -0.05) is 0 Å². The summed E-state index contributed by atoms with van der Waals surface area (Å²) >= 11 is 0. The summed E-state index contributed by atoms with van der Waals surface area (Å²) in [6.07, 6.45) is -0.278. The van der Waals surface area contributed by atoms with Gasteiger partial charge < -0.3 is 14.8 Å². The van der Waals surface area contributed by atoms with Gasteiger partial charge in [0.2, 0.25) is 0 Å². The van der Waals surface area contributed by atoms with Gasteiger partial charge in [-0.05, 0) is 0 Å². The van der Waals surface area contributed by atoms with E-state index in [2.05, 4.69) is 5.32 Å². The van der Waals surface area contributed by atoms with Crippen LogP contribution in [0.5, 0.6) is 0 Å². The van der Waals surface area contributed by atoms with Crippen LogP contribution in [0.1, 0.15) is 0 Å². The Morgan fingerprint density at radius 2 is 1.88 bits per heavy atom. The second-order valence-corrected chi connectivity index (χ2v) is 1.31. The molecule has 0 bridgehead atoms. The largest absolute Gasteiger partial charge is 1.00 e. The Morgan fingerprint density at radius 1 is 1.38 bits per heavy atom. The van der Waals surface area contributed by atoms with E-state index in [0.717, 1.165) is 0 Å². The molecular formula is C4H8NNaO2. The van der Waals surface area contributed by atoms with Crippen molar-refractivity contribution in [3.8, 4) is 0 Å². The molecule has 0 N–H and O–H groups in total. The van der Waals surface area contributed by atoms with Crippen LogP contribution in [-0.2, 0) is 9.47 Å². The fourth-order valence-corrected chi connectivity index (χ4v) is 0.495. The van der Waals surface area contributed by atoms with Crippen LogP contribution in [0.4, 0.5) is 0 Å². The Balaban J connectivity index is 0.000000490. The number of ether oxygens (including phenoxy) is 2. The van der Waals surface area contributed by atoms with Gasteiger partial charge in [-0.15, -0.1) is 0 Å². The third kappa shape index (κ3) is 2.44. The SMILES string of the molecule is C[N-]C1OCCO1.[Na+]. The molecule has 0 aliphatic carbocycles. The van der Waals surface area contributed by atoms with Gasteiger partial charge >= 0.3 is 29.6 Å². The van der Waals surface area contributed by atoms with Gasteiger partial charge in [0.25, 0.3) is 0 Å². The van der Waals surface area contributed by atoms with E-state index in [1.54, 1.807) is 7.05 Å². The summed E-state index contributed by atoms with van der Waals surface area (Å²) < 4.78 is 9.83. The minimum Gasteiger partial charge on any atom is -0.615 e. The molecule has 0 aromatic rings. The normalized spacial score (nSPS) is 20.6. The molecule has 0 unspecified atom stereocenters. The Bertz CT molecular complexity index is 56.0. The average molecular weight is 125 g/mol. The molecule has 3 nitrogen and oxygen atoms in total. The zero-order chi connectivity index (χ0) is 5.11. The fourth-order valence-electron chi connectivity index (χ4n) is 0.495. The Morgan fingerprint density at radius 3 is 2.12 bits per heavy atom. The monoisotopic (exact) mass is 125 g/mol. The van der Waals surface area contributed by atoms with Crippen LogP contribution < -0.4 is 29.6 Å². The predicted molar refractivity (Wildman–Crippen MR) is 25.0 cm³/mol. The van der Waals surface area contributed by atoms with Crippen LogP contribution in [0.25, 0.3) is 5.32 Å². The molecule has 4 heteroatoms. The number of rotatable bonds is 1. The molecule has 1 rings (SSSR count).